The van der Waals surface area contributed by atoms with Gasteiger partial charge in [-0.1, -0.05) is 30.3 Å². The van der Waals surface area contributed by atoms with Crippen LogP contribution in [0.15, 0.2) is 45.6 Å². The van der Waals surface area contributed by atoms with Gasteiger partial charge >= 0.3 is 0 Å². The summed E-state index contributed by atoms with van der Waals surface area (Å²) in [7, 11) is 1.47. The van der Waals surface area contributed by atoms with Crippen molar-refractivity contribution in [3.63, 3.8) is 0 Å². The van der Waals surface area contributed by atoms with Crippen LogP contribution >= 0.6 is 0 Å². The quantitative estimate of drug-likeness (QED) is 0.692. The molecule has 4 rings (SSSR count). The molecule has 2 aliphatic rings. The molecule has 2 saturated heterocycles. The van der Waals surface area contributed by atoms with Gasteiger partial charge < -0.3 is 19.2 Å². The number of hydrogen-bond acceptors (Lipinski definition) is 6. The summed E-state index contributed by atoms with van der Waals surface area (Å²) >= 11 is 0. The highest BCUT2D eigenvalue weighted by Crippen LogP contribution is 2.41. The van der Waals surface area contributed by atoms with Gasteiger partial charge in [-0.05, 0) is 38.2 Å². The molecular formula is C26H34N2O5. The van der Waals surface area contributed by atoms with E-state index in [0.29, 0.717) is 37.6 Å². The number of benzene rings is 1. The van der Waals surface area contributed by atoms with Crippen LogP contribution in [0.1, 0.15) is 49.2 Å². The Morgan fingerprint density at radius 3 is 2.55 bits per heavy atom. The largest absolute Gasteiger partial charge is 0.490 e. The molecule has 33 heavy (non-hydrogen) atoms. The van der Waals surface area contributed by atoms with Crippen LogP contribution in [0.5, 0.6) is 5.75 Å². The third kappa shape index (κ3) is 5.65. The van der Waals surface area contributed by atoms with E-state index < -0.39 is 5.41 Å². The van der Waals surface area contributed by atoms with E-state index >= 15 is 0 Å². The van der Waals surface area contributed by atoms with Crippen LogP contribution in [0.4, 0.5) is 0 Å². The van der Waals surface area contributed by atoms with Crippen LogP contribution in [-0.2, 0) is 21.5 Å². The number of piperidine rings is 1. The van der Waals surface area contributed by atoms with Crippen LogP contribution in [0.2, 0.25) is 0 Å². The Kier molecular flexibility index (Phi) is 7.50. The van der Waals surface area contributed by atoms with Gasteiger partial charge in [0.1, 0.15) is 5.76 Å². The van der Waals surface area contributed by atoms with Gasteiger partial charge in [0.05, 0.1) is 7.11 Å². The standard InChI is InChI=1S/C26H34N2O5/c1-19-16-22(29)24(31-2)25(33-19)26(10-14-32-15-11-26)17-23(30)27-21-8-12-28(13-9-21)18-20-6-4-3-5-7-20/h3-7,16,21H,8-15,17-18H2,1-2H3,(H,27,30). The van der Waals surface area contributed by atoms with Gasteiger partial charge in [-0.2, -0.15) is 0 Å². The molecule has 7 nitrogen and oxygen atoms in total. The molecule has 178 valence electrons. The number of hydrogen-bond donors (Lipinski definition) is 1. The fourth-order valence-electron chi connectivity index (χ4n) is 5.05. The lowest BCUT2D eigenvalue weighted by molar-refractivity contribution is -0.124. The predicted octanol–water partition coefficient (Wildman–Crippen LogP) is 3.18. The number of methoxy groups -OCH3 is 1. The normalized spacial score (nSPS) is 19.2. The van der Waals surface area contributed by atoms with Crippen molar-refractivity contribution in [2.24, 2.45) is 0 Å². The Morgan fingerprint density at radius 1 is 1.18 bits per heavy atom. The zero-order valence-electron chi connectivity index (χ0n) is 19.6. The van der Waals surface area contributed by atoms with Crippen molar-refractivity contribution in [3.8, 4) is 5.75 Å². The molecule has 0 aliphatic carbocycles. The highest BCUT2D eigenvalue weighted by atomic mass is 16.5. The van der Waals surface area contributed by atoms with Crippen molar-refractivity contribution < 1.29 is 18.7 Å². The van der Waals surface area contributed by atoms with E-state index in [0.717, 1.165) is 32.5 Å². The van der Waals surface area contributed by atoms with Gasteiger partial charge in [0.15, 0.2) is 5.76 Å². The molecule has 0 saturated carbocycles. The molecule has 0 radical (unpaired) electrons. The van der Waals surface area contributed by atoms with Crippen molar-refractivity contribution in [3.05, 3.63) is 63.7 Å². The molecule has 1 aromatic carbocycles. The van der Waals surface area contributed by atoms with Crippen molar-refractivity contribution in [1.82, 2.24) is 10.2 Å². The minimum atomic E-state index is -0.604. The minimum Gasteiger partial charge on any atom is -0.490 e. The average Bonchev–Trinajstić information content (AvgIpc) is 2.81. The fraction of sp³-hybridized carbons (Fsp3) is 0.538. The number of carbonyl (C=O) groups is 1. The Hall–Kier alpha value is -2.64. The highest BCUT2D eigenvalue weighted by Gasteiger charge is 2.42. The first-order valence-corrected chi connectivity index (χ1v) is 11.8. The van der Waals surface area contributed by atoms with Gasteiger partial charge in [0.2, 0.25) is 17.1 Å². The number of carbonyl (C=O) groups excluding carboxylic acids is 1. The van der Waals surface area contributed by atoms with Crippen molar-refractivity contribution in [1.29, 1.82) is 0 Å². The summed E-state index contributed by atoms with van der Waals surface area (Å²) in [5, 5.41) is 3.24. The molecule has 0 spiro atoms. The average molecular weight is 455 g/mol. The summed E-state index contributed by atoms with van der Waals surface area (Å²) in [6, 6.07) is 12.1. The maximum absolute atomic E-state index is 13.2. The first kappa shape index (κ1) is 23.5. The van der Waals surface area contributed by atoms with Gasteiger partial charge in [0, 0.05) is 56.8 Å². The van der Waals surface area contributed by atoms with Crippen molar-refractivity contribution >= 4 is 5.91 Å². The summed E-state index contributed by atoms with van der Waals surface area (Å²) in [4.78, 5) is 28.1. The molecule has 3 heterocycles. The monoisotopic (exact) mass is 454 g/mol. The molecule has 1 N–H and O–H groups in total. The fourth-order valence-corrected chi connectivity index (χ4v) is 5.05. The first-order valence-electron chi connectivity index (χ1n) is 11.8. The van der Waals surface area contributed by atoms with Crippen molar-refractivity contribution in [2.45, 2.75) is 57.0 Å². The lowest BCUT2D eigenvalue weighted by Gasteiger charge is -2.37. The molecule has 0 atom stereocenters. The minimum absolute atomic E-state index is 0.00961. The second-order valence-corrected chi connectivity index (χ2v) is 9.26. The summed E-state index contributed by atoms with van der Waals surface area (Å²) in [5.41, 5.74) is 0.496. The number of likely N-dealkylation sites (tertiary alicyclic amines) is 1. The lowest BCUT2D eigenvalue weighted by atomic mass is 9.74. The molecular weight excluding hydrogens is 420 g/mol. The number of rotatable bonds is 7. The highest BCUT2D eigenvalue weighted by molar-refractivity contribution is 5.78. The topological polar surface area (TPSA) is 81.0 Å². The second kappa shape index (κ2) is 10.5. The summed E-state index contributed by atoms with van der Waals surface area (Å²) in [6.07, 6.45) is 3.33. The van der Waals surface area contributed by atoms with E-state index in [1.165, 1.54) is 18.7 Å². The van der Waals surface area contributed by atoms with Crippen LogP contribution < -0.4 is 15.5 Å². The number of nitrogens with zero attached hydrogens (tertiary/aromatic N) is 1. The Morgan fingerprint density at radius 2 is 1.88 bits per heavy atom. The Labute approximate surface area is 195 Å². The third-order valence-corrected chi connectivity index (χ3v) is 6.86. The number of nitrogens with one attached hydrogen (secondary N) is 1. The third-order valence-electron chi connectivity index (χ3n) is 6.86. The van der Waals surface area contributed by atoms with Gasteiger partial charge in [-0.3, -0.25) is 14.5 Å². The molecule has 2 aromatic rings. The molecule has 7 heteroatoms. The van der Waals surface area contributed by atoms with Gasteiger partial charge in [0.25, 0.3) is 0 Å². The van der Waals surface area contributed by atoms with E-state index in [4.69, 9.17) is 13.9 Å². The second-order valence-electron chi connectivity index (χ2n) is 9.26. The first-order chi connectivity index (χ1) is 16.0. The van der Waals surface area contributed by atoms with Crippen molar-refractivity contribution in [2.75, 3.05) is 33.4 Å². The molecule has 2 fully saturated rings. The molecule has 0 unspecified atom stereocenters. The summed E-state index contributed by atoms with van der Waals surface area (Å²) in [6.45, 7) is 5.65. The molecule has 1 aromatic heterocycles. The molecule has 1 amide bonds. The number of aryl methyl sites for hydroxylation is 1. The van der Waals surface area contributed by atoms with E-state index in [1.54, 1.807) is 6.92 Å². The summed E-state index contributed by atoms with van der Waals surface area (Å²) < 4.78 is 17.0. The van der Waals surface area contributed by atoms with E-state index in [1.807, 2.05) is 6.07 Å². The van der Waals surface area contributed by atoms with Crippen LogP contribution in [-0.4, -0.2) is 50.3 Å². The van der Waals surface area contributed by atoms with Gasteiger partial charge in [-0.25, -0.2) is 0 Å². The predicted molar refractivity (Wildman–Crippen MR) is 125 cm³/mol. The Balaban J connectivity index is 1.40. The number of ether oxygens (including phenoxy) is 2. The maximum atomic E-state index is 13.2. The van der Waals surface area contributed by atoms with Crippen LogP contribution in [0, 0.1) is 6.92 Å². The molecule has 0 bridgehead atoms. The maximum Gasteiger partial charge on any atom is 0.227 e. The number of amides is 1. The van der Waals surface area contributed by atoms with Crippen LogP contribution in [0.3, 0.4) is 0 Å². The Bertz CT molecular complexity index is 989. The van der Waals surface area contributed by atoms with E-state index in [-0.39, 0.29) is 29.5 Å². The van der Waals surface area contributed by atoms with E-state index in [2.05, 4.69) is 34.5 Å². The van der Waals surface area contributed by atoms with E-state index in [9.17, 15) is 9.59 Å². The van der Waals surface area contributed by atoms with Crippen LogP contribution in [0.25, 0.3) is 0 Å². The summed E-state index contributed by atoms with van der Waals surface area (Å²) in [5.74, 6) is 1.19. The lowest BCUT2D eigenvalue weighted by Crippen LogP contribution is -2.47. The zero-order valence-corrected chi connectivity index (χ0v) is 19.6. The SMILES string of the molecule is COc1c(C2(CC(=O)NC3CCN(Cc4ccccc4)CC3)CCOCC2)oc(C)cc1=O. The smallest absolute Gasteiger partial charge is 0.227 e. The zero-order chi connectivity index (χ0) is 23.3. The van der Waals surface area contributed by atoms with Gasteiger partial charge in [-0.15, -0.1) is 0 Å². The molecule has 2 aliphatic heterocycles.